The number of benzene rings is 2. The van der Waals surface area contributed by atoms with Gasteiger partial charge in [0.1, 0.15) is 5.84 Å². The number of nitrogen functional groups attached to an aromatic ring is 1. The Hall–Kier alpha value is -2.70. The van der Waals surface area contributed by atoms with Crippen LogP contribution in [0.25, 0.3) is 11.1 Å². The molecule has 1 amide bonds. The van der Waals surface area contributed by atoms with Crippen LogP contribution in [-0.2, 0) is 14.6 Å². The van der Waals surface area contributed by atoms with Crippen molar-refractivity contribution in [3.8, 4) is 11.1 Å². The third-order valence-electron chi connectivity index (χ3n) is 6.39. The second kappa shape index (κ2) is 12.4. The van der Waals surface area contributed by atoms with Gasteiger partial charge in [0.05, 0.1) is 37.7 Å². The lowest BCUT2D eigenvalue weighted by Gasteiger charge is -2.26. The van der Waals surface area contributed by atoms with E-state index in [1.54, 1.807) is 18.4 Å². The van der Waals surface area contributed by atoms with E-state index in [1.165, 1.54) is 17.8 Å². The molecule has 0 bridgehead atoms. The first kappa shape index (κ1) is 28.3. The number of thioether (sulfide) groups is 1. The predicted molar refractivity (Wildman–Crippen MR) is 153 cm³/mol. The van der Waals surface area contributed by atoms with Crippen LogP contribution in [0.15, 0.2) is 62.5 Å². The van der Waals surface area contributed by atoms with Crippen LogP contribution in [0.5, 0.6) is 0 Å². The van der Waals surface area contributed by atoms with Gasteiger partial charge in [-0.15, -0.1) is 23.1 Å². The van der Waals surface area contributed by atoms with Crippen LogP contribution in [0, 0.1) is 12.3 Å². The highest BCUT2D eigenvalue weighted by atomic mass is 32.2. The zero-order chi connectivity index (χ0) is 27.3. The summed E-state index contributed by atoms with van der Waals surface area (Å²) >= 11 is 2.44. The fourth-order valence-corrected chi connectivity index (χ4v) is 8.78. The molecule has 1 aliphatic heterocycles. The number of hydrogen-bond donors (Lipinski definition) is 3. The van der Waals surface area contributed by atoms with Gasteiger partial charge >= 0.3 is 0 Å². The monoisotopic (exact) mass is 572 g/mol. The van der Waals surface area contributed by atoms with Crippen molar-refractivity contribution < 1.29 is 17.9 Å². The van der Waals surface area contributed by atoms with Gasteiger partial charge in [0, 0.05) is 25.2 Å². The number of nitrogens with zero attached hydrogens (tertiary/aromatic N) is 1. The molecule has 3 aromatic rings. The van der Waals surface area contributed by atoms with E-state index in [4.69, 9.17) is 15.9 Å². The molecule has 0 spiro atoms. The van der Waals surface area contributed by atoms with E-state index in [9.17, 15) is 13.2 Å². The van der Waals surface area contributed by atoms with E-state index >= 15 is 0 Å². The minimum absolute atomic E-state index is 0.0300. The number of morpholine rings is 1. The molecule has 38 heavy (non-hydrogen) atoms. The van der Waals surface area contributed by atoms with E-state index in [0.29, 0.717) is 40.0 Å². The normalized spacial score (nSPS) is 14.4. The summed E-state index contributed by atoms with van der Waals surface area (Å²) in [6.07, 6.45) is 2.53. The molecule has 1 saturated heterocycles. The summed E-state index contributed by atoms with van der Waals surface area (Å²) in [4.78, 5) is 16.2. The summed E-state index contributed by atoms with van der Waals surface area (Å²) in [6, 6.07) is 14.0. The smallest absolute Gasteiger partial charge is 0.252 e. The maximum atomic E-state index is 14.3. The number of hydrogen-bond acceptors (Lipinski definition) is 8. The van der Waals surface area contributed by atoms with Crippen molar-refractivity contribution in [1.82, 2.24) is 10.2 Å². The Morgan fingerprint density at radius 2 is 1.89 bits per heavy atom. The summed E-state index contributed by atoms with van der Waals surface area (Å²) in [7, 11) is -4.16. The zero-order valence-electron chi connectivity index (χ0n) is 21.5. The Balaban J connectivity index is 1.75. The van der Waals surface area contributed by atoms with Gasteiger partial charge in [0.15, 0.2) is 0 Å². The largest absolute Gasteiger partial charge is 0.383 e. The summed E-state index contributed by atoms with van der Waals surface area (Å²) in [6.45, 7) is 6.27. The molecule has 0 unspecified atom stereocenters. The van der Waals surface area contributed by atoms with Crippen molar-refractivity contribution in [3.05, 3.63) is 64.5 Å². The standard InChI is InChI=1S/C27H32N4O4S3/c1-18-9-10-20(26(32)30-11-6-12-31-13-15-35-16-14-31)24(23(18)19-7-4-3-5-8-19)38(33,34)22-17-21(25(28)29)37-27(22)36-2/h3-5,7-10,17H,6,11-16H2,1-2H3,(H3,28,29)(H,30,32). The quantitative estimate of drug-likeness (QED) is 0.145. The van der Waals surface area contributed by atoms with Crippen molar-refractivity contribution in [2.24, 2.45) is 5.73 Å². The fourth-order valence-electron chi connectivity index (χ4n) is 4.46. The minimum atomic E-state index is -4.16. The van der Waals surface area contributed by atoms with Gasteiger partial charge in [-0.2, -0.15) is 0 Å². The van der Waals surface area contributed by atoms with Crippen LogP contribution in [0.1, 0.15) is 27.2 Å². The number of rotatable bonds is 10. The summed E-state index contributed by atoms with van der Waals surface area (Å²) in [5.74, 6) is -0.632. The predicted octanol–water partition coefficient (Wildman–Crippen LogP) is 4.01. The molecule has 2 heterocycles. The fraction of sp³-hybridized carbons (Fsp3) is 0.333. The van der Waals surface area contributed by atoms with Crippen LogP contribution in [0.2, 0.25) is 0 Å². The molecule has 0 radical (unpaired) electrons. The van der Waals surface area contributed by atoms with E-state index in [1.807, 2.05) is 37.3 Å². The maximum absolute atomic E-state index is 14.3. The lowest BCUT2D eigenvalue weighted by Crippen LogP contribution is -2.38. The average Bonchev–Trinajstić information content (AvgIpc) is 3.38. The van der Waals surface area contributed by atoms with Gasteiger partial charge in [0.2, 0.25) is 9.84 Å². The van der Waals surface area contributed by atoms with Crippen LogP contribution in [0.3, 0.4) is 0 Å². The second-order valence-corrected chi connectivity index (χ2v) is 12.9. The van der Waals surface area contributed by atoms with Crippen molar-refractivity contribution in [3.63, 3.8) is 0 Å². The molecule has 0 atom stereocenters. The molecule has 0 saturated carbocycles. The van der Waals surface area contributed by atoms with Gasteiger partial charge in [-0.25, -0.2) is 8.42 Å². The summed E-state index contributed by atoms with van der Waals surface area (Å²) < 4.78 is 34.6. The first-order valence-electron chi connectivity index (χ1n) is 12.3. The number of carbonyl (C=O) groups excluding carboxylic acids is 1. The van der Waals surface area contributed by atoms with Crippen molar-refractivity contribution in [2.75, 3.05) is 45.6 Å². The Morgan fingerprint density at radius 3 is 2.55 bits per heavy atom. The number of amidine groups is 1. The minimum Gasteiger partial charge on any atom is -0.383 e. The van der Waals surface area contributed by atoms with Crippen LogP contribution in [-0.4, -0.2) is 70.7 Å². The highest BCUT2D eigenvalue weighted by Crippen LogP contribution is 2.42. The van der Waals surface area contributed by atoms with Crippen molar-refractivity contribution in [2.45, 2.75) is 27.3 Å². The molecule has 8 nitrogen and oxygen atoms in total. The van der Waals surface area contributed by atoms with E-state index in [-0.39, 0.29) is 21.2 Å². The summed E-state index contributed by atoms with van der Waals surface area (Å²) in [5, 5.41) is 10.8. The highest BCUT2D eigenvalue weighted by Gasteiger charge is 2.33. The van der Waals surface area contributed by atoms with Gasteiger partial charge in [-0.3, -0.25) is 15.1 Å². The molecule has 202 valence electrons. The SMILES string of the molecule is CSc1sc(C(=N)N)cc1S(=O)(=O)c1c(C(=O)NCCCN2CCOCC2)ccc(C)c1-c1ccccc1. The van der Waals surface area contributed by atoms with E-state index in [2.05, 4.69) is 10.2 Å². The molecule has 2 aromatic carbocycles. The number of nitrogens with one attached hydrogen (secondary N) is 2. The molecule has 1 fully saturated rings. The van der Waals surface area contributed by atoms with Crippen LogP contribution >= 0.6 is 23.1 Å². The van der Waals surface area contributed by atoms with Crippen LogP contribution < -0.4 is 11.1 Å². The molecule has 4 rings (SSSR count). The number of carbonyl (C=O) groups is 1. The van der Waals surface area contributed by atoms with E-state index < -0.39 is 15.7 Å². The topological polar surface area (TPSA) is 126 Å². The first-order valence-corrected chi connectivity index (χ1v) is 15.8. The third-order valence-corrected chi connectivity index (χ3v) is 10.8. The number of sulfone groups is 1. The number of thiophene rings is 1. The van der Waals surface area contributed by atoms with Crippen molar-refractivity contribution in [1.29, 1.82) is 5.41 Å². The molecular weight excluding hydrogens is 541 g/mol. The van der Waals surface area contributed by atoms with Gasteiger partial charge in [0.25, 0.3) is 5.91 Å². The Kier molecular flexibility index (Phi) is 9.27. The maximum Gasteiger partial charge on any atom is 0.252 e. The Morgan fingerprint density at radius 1 is 1.18 bits per heavy atom. The van der Waals surface area contributed by atoms with Gasteiger partial charge < -0.3 is 15.8 Å². The molecule has 1 aliphatic rings. The van der Waals surface area contributed by atoms with Gasteiger partial charge in [-0.1, -0.05) is 36.4 Å². The molecule has 1 aromatic heterocycles. The van der Waals surface area contributed by atoms with Crippen molar-refractivity contribution >= 4 is 44.7 Å². The molecule has 11 heteroatoms. The highest BCUT2D eigenvalue weighted by molar-refractivity contribution is 8.01. The lowest BCUT2D eigenvalue weighted by molar-refractivity contribution is 0.0374. The van der Waals surface area contributed by atoms with Gasteiger partial charge in [-0.05, 0) is 49.4 Å². The first-order chi connectivity index (χ1) is 18.2. The third kappa shape index (κ3) is 6.13. The number of amides is 1. The molecule has 0 aliphatic carbocycles. The number of ether oxygens (including phenoxy) is 1. The second-order valence-electron chi connectivity index (χ2n) is 8.95. The Bertz CT molecular complexity index is 1420. The average molecular weight is 573 g/mol. The lowest BCUT2D eigenvalue weighted by atomic mass is 9.97. The zero-order valence-corrected chi connectivity index (χ0v) is 23.9. The summed E-state index contributed by atoms with van der Waals surface area (Å²) in [5.41, 5.74) is 7.74. The van der Waals surface area contributed by atoms with Crippen LogP contribution in [0.4, 0.5) is 0 Å². The number of aryl methyl sites for hydroxylation is 1. The Labute approximate surface area is 232 Å². The molecular formula is C27H32N4O4S3. The molecule has 4 N–H and O–H groups in total. The number of nitrogens with two attached hydrogens (primary N) is 1. The van der Waals surface area contributed by atoms with E-state index in [0.717, 1.165) is 43.0 Å².